The summed E-state index contributed by atoms with van der Waals surface area (Å²) < 4.78 is 0. The highest BCUT2D eigenvalue weighted by Gasteiger charge is 2.22. The Morgan fingerprint density at radius 1 is 1.53 bits per heavy atom. The number of hydrogen-bond donors (Lipinski definition) is 2. The molecule has 1 heterocycles. The Morgan fingerprint density at radius 3 is 3.00 bits per heavy atom. The molecule has 15 heavy (non-hydrogen) atoms. The first kappa shape index (κ1) is 10.4. The zero-order valence-corrected chi connectivity index (χ0v) is 9.24. The van der Waals surface area contributed by atoms with E-state index in [1.807, 2.05) is 11.3 Å². The van der Waals surface area contributed by atoms with Gasteiger partial charge in [0, 0.05) is 12.6 Å². The second kappa shape index (κ2) is 5.11. The largest absolute Gasteiger partial charge is 0.352 e. The average Bonchev–Trinajstić information content (AvgIpc) is 3.05. The minimum atomic E-state index is 0.625. The predicted octanol–water partition coefficient (Wildman–Crippen LogP) is 0.701. The van der Waals surface area contributed by atoms with E-state index in [1.165, 1.54) is 25.7 Å². The molecule has 0 aromatic rings. The monoisotopic (exact) mass is 209 g/mol. The molecule has 2 N–H and O–H groups in total. The lowest BCUT2D eigenvalue weighted by Gasteiger charge is -2.21. The van der Waals surface area contributed by atoms with E-state index in [-0.39, 0.29) is 0 Å². The Hall–Kier alpha value is -1.10. The predicted molar refractivity (Wildman–Crippen MR) is 61.7 cm³/mol. The van der Waals surface area contributed by atoms with E-state index >= 15 is 0 Å². The van der Waals surface area contributed by atoms with Gasteiger partial charge in [-0.25, -0.2) is 15.4 Å². The highest BCUT2D eigenvalue weighted by Crippen LogP contribution is 2.18. The van der Waals surface area contributed by atoms with Crippen molar-refractivity contribution in [3.63, 3.8) is 0 Å². The van der Waals surface area contributed by atoms with Gasteiger partial charge in [-0.3, -0.25) is 5.01 Å². The zero-order valence-electron chi connectivity index (χ0n) is 9.24. The van der Waals surface area contributed by atoms with Gasteiger partial charge in [0.2, 0.25) is 5.96 Å². The number of aliphatic imine (C=N–C) groups is 2. The summed E-state index contributed by atoms with van der Waals surface area (Å²) in [5, 5.41) is 5.20. The van der Waals surface area contributed by atoms with E-state index in [4.69, 9.17) is 0 Å². The maximum Gasteiger partial charge on any atom is 0.221 e. The molecule has 0 aromatic carbocycles. The van der Waals surface area contributed by atoms with Crippen LogP contribution >= 0.6 is 0 Å². The minimum absolute atomic E-state index is 0.625. The molecule has 0 atom stereocenters. The topological polar surface area (TPSA) is 52.0 Å². The Labute approximate surface area is 90.6 Å². The highest BCUT2D eigenvalue weighted by atomic mass is 15.5. The second-order valence-corrected chi connectivity index (χ2v) is 4.02. The summed E-state index contributed by atoms with van der Waals surface area (Å²) in [5.74, 6) is 0.783. The van der Waals surface area contributed by atoms with Crippen LogP contribution in [0.5, 0.6) is 0 Å². The van der Waals surface area contributed by atoms with Crippen molar-refractivity contribution in [2.45, 2.75) is 38.6 Å². The molecule has 2 aliphatic rings. The molecule has 0 spiro atoms. The molecule has 0 saturated heterocycles. The van der Waals surface area contributed by atoms with Crippen LogP contribution in [0, 0.1) is 0 Å². The van der Waals surface area contributed by atoms with Gasteiger partial charge in [0.1, 0.15) is 13.0 Å². The summed E-state index contributed by atoms with van der Waals surface area (Å²) in [6.07, 6.45) is 6.71. The number of rotatable bonds is 5. The quantitative estimate of drug-likeness (QED) is 0.655. The summed E-state index contributed by atoms with van der Waals surface area (Å²) in [6, 6.07) is 0.625. The van der Waals surface area contributed by atoms with Crippen LogP contribution in [0.25, 0.3) is 0 Å². The lowest BCUT2D eigenvalue weighted by Crippen LogP contribution is -2.41. The first-order valence-corrected chi connectivity index (χ1v) is 5.74. The molecule has 1 fully saturated rings. The normalized spacial score (nSPS) is 20.3. The third kappa shape index (κ3) is 3.51. The first-order chi connectivity index (χ1) is 7.38. The number of unbranched alkanes of at least 4 members (excludes halogenated alkanes) is 1. The van der Waals surface area contributed by atoms with Crippen molar-refractivity contribution in [2.24, 2.45) is 9.98 Å². The van der Waals surface area contributed by atoms with Crippen molar-refractivity contribution in [2.75, 3.05) is 13.2 Å². The van der Waals surface area contributed by atoms with Gasteiger partial charge in [0.25, 0.3) is 0 Å². The molecule has 5 nitrogen and oxygen atoms in total. The van der Waals surface area contributed by atoms with Gasteiger partial charge in [-0.05, 0) is 19.3 Å². The average molecular weight is 209 g/mol. The van der Waals surface area contributed by atoms with Crippen molar-refractivity contribution in [3.05, 3.63) is 0 Å². The lowest BCUT2D eigenvalue weighted by atomic mass is 10.3. The van der Waals surface area contributed by atoms with E-state index < -0.39 is 0 Å². The van der Waals surface area contributed by atoms with Gasteiger partial charge in [0.05, 0.1) is 0 Å². The smallest absolute Gasteiger partial charge is 0.221 e. The van der Waals surface area contributed by atoms with E-state index in [1.54, 1.807) is 0 Å². The summed E-state index contributed by atoms with van der Waals surface area (Å²) >= 11 is 0. The van der Waals surface area contributed by atoms with Crippen LogP contribution in [0.1, 0.15) is 32.6 Å². The standard InChI is InChI=1S/C10H19N5/c1-2-3-6-13-15-7-11-10(12-8-15)14-9-4-5-9/h7,9,13H,2-6,8H2,1H3,(H,12,14). The molecule has 0 radical (unpaired) electrons. The Morgan fingerprint density at radius 2 is 2.40 bits per heavy atom. The molecule has 0 unspecified atom stereocenters. The number of nitrogens with one attached hydrogen (secondary N) is 2. The third-order valence-corrected chi connectivity index (χ3v) is 2.45. The Bertz CT molecular complexity index is 257. The van der Waals surface area contributed by atoms with Gasteiger partial charge in [-0.1, -0.05) is 13.3 Å². The lowest BCUT2D eigenvalue weighted by molar-refractivity contribution is 0.319. The molecular weight excluding hydrogens is 190 g/mol. The number of hydrazine groups is 1. The van der Waals surface area contributed by atoms with Crippen molar-refractivity contribution in [3.8, 4) is 0 Å². The fraction of sp³-hybridized carbons (Fsp3) is 0.800. The number of guanidine groups is 1. The Kier molecular flexibility index (Phi) is 3.55. The summed E-state index contributed by atoms with van der Waals surface area (Å²) in [6.45, 7) is 3.83. The fourth-order valence-corrected chi connectivity index (χ4v) is 1.33. The van der Waals surface area contributed by atoms with Gasteiger partial charge in [-0.15, -0.1) is 0 Å². The molecule has 1 saturated carbocycles. The molecule has 1 aliphatic heterocycles. The van der Waals surface area contributed by atoms with Crippen molar-refractivity contribution in [1.29, 1.82) is 0 Å². The molecule has 1 aliphatic carbocycles. The fourth-order valence-electron chi connectivity index (χ4n) is 1.33. The number of nitrogens with zero attached hydrogens (tertiary/aromatic N) is 3. The number of hydrogen-bond acceptors (Lipinski definition) is 5. The van der Waals surface area contributed by atoms with Gasteiger partial charge in [-0.2, -0.15) is 0 Å². The van der Waals surface area contributed by atoms with E-state index in [2.05, 4.69) is 27.7 Å². The molecule has 0 bridgehead atoms. The molecule has 0 amide bonds. The van der Waals surface area contributed by atoms with Crippen LogP contribution in [0.15, 0.2) is 9.98 Å². The molecule has 2 rings (SSSR count). The molecule has 0 aromatic heterocycles. The SMILES string of the molecule is CCCCNN1C=NC(NC2CC2)=NC1. The van der Waals surface area contributed by atoms with Gasteiger partial charge >= 0.3 is 0 Å². The van der Waals surface area contributed by atoms with Crippen molar-refractivity contribution < 1.29 is 0 Å². The van der Waals surface area contributed by atoms with E-state index in [0.29, 0.717) is 12.7 Å². The zero-order chi connectivity index (χ0) is 10.5. The molecule has 5 heteroatoms. The van der Waals surface area contributed by atoms with E-state index in [0.717, 1.165) is 12.5 Å². The van der Waals surface area contributed by atoms with Crippen molar-refractivity contribution in [1.82, 2.24) is 15.8 Å². The van der Waals surface area contributed by atoms with Crippen LogP contribution in [0.4, 0.5) is 0 Å². The van der Waals surface area contributed by atoms with E-state index in [9.17, 15) is 0 Å². The van der Waals surface area contributed by atoms with Crippen LogP contribution in [0.3, 0.4) is 0 Å². The first-order valence-electron chi connectivity index (χ1n) is 5.74. The summed E-state index contributed by atoms with van der Waals surface area (Å²) in [4.78, 5) is 8.59. The van der Waals surface area contributed by atoms with Crippen molar-refractivity contribution >= 4 is 12.3 Å². The second-order valence-electron chi connectivity index (χ2n) is 4.02. The maximum atomic E-state index is 4.34. The summed E-state index contributed by atoms with van der Waals surface area (Å²) in [7, 11) is 0. The molecule has 84 valence electrons. The highest BCUT2D eigenvalue weighted by molar-refractivity contribution is 5.88. The van der Waals surface area contributed by atoms with Gasteiger partial charge in [0.15, 0.2) is 0 Å². The van der Waals surface area contributed by atoms with Crippen LogP contribution in [0.2, 0.25) is 0 Å². The molecular formula is C10H19N5. The van der Waals surface area contributed by atoms with Crippen LogP contribution in [-0.4, -0.2) is 36.6 Å². The minimum Gasteiger partial charge on any atom is -0.352 e. The van der Waals surface area contributed by atoms with Crippen LogP contribution < -0.4 is 10.7 Å². The summed E-state index contributed by atoms with van der Waals surface area (Å²) in [5.41, 5.74) is 3.26. The maximum absolute atomic E-state index is 4.34. The van der Waals surface area contributed by atoms with Crippen LogP contribution in [-0.2, 0) is 0 Å². The van der Waals surface area contributed by atoms with Gasteiger partial charge < -0.3 is 5.32 Å². The Balaban J connectivity index is 1.66. The third-order valence-electron chi connectivity index (χ3n) is 2.45.